The Balaban J connectivity index is 2.12. The molecule has 0 saturated carbocycles. The number of aromatic nitrogens is 2. The van der Waals surface area contributed by atoms with Crippen molar-refractivity contribution >= 4 is 21.7 Å². The van der Waals surface area contributed by atoms with Gasteiger partial charge in [-0.3, -0.25) is 0 Å². The van der Waals surface area contributed by atoms with Crippen LogP contribution in [0.2, 0.25) is 0 Å². The Morgan fingerprint density at radius 2 is 1.95 bits per heavy atom. The third-order valence-corrected chi connectivity index (χ3v) is 2.94. The summed E-state index contributed by atoms with van der Waals surface area (Å²) >= 11 is 3.22. The average Bonchev–Trinajstić information content (AvgIpc) is 2.47. The number of ether oxygens (including phenoxy) is 3. The van der Waals surface area contributed by atoms with Gasteiger partial charge in [0.05, 0.1) is 20.4 Å². The number of hydrogen-bond donors (Lipinski definition) is 1. The highest BCUT2D eigenvalue weighted by atomic mass is 79.9. The van der Waals surface area contributed by atoms with Gasteiger partial charge in [-0.25, -0.2) is 9.97 Å². The molecule has 0 spiro atoms. The van der Waals surface area contributed by atoms with Crippen LogP contribution in [0.25, 0.3) is 0 Å². The van der Waals surface area contributed by atoms with Gasteiger partial charge < -0.3 is 19.9 Å². The van der Waals surface area contributed by atoms with Crippen LogP contribution in [0, 0.1) is 0 Å². The first kappa shape index (κ1) is 14.4. The minimum atomic E-state index is 0.244. The fourth-order valence-corrected chi connectivity index (χ4v) is 1.85. The summed E-state index contributed by atoms with van der Waals surface area (Å²) in [6.45, 7) is 0.301. The molecule has 2 N–H and O–H groups in total. The Bertz CT molecular complexity index is 607. The SMILES string of the molecule is COc1ccc(COc2nc(Br)cnc2N)cc1OC. The maximum Gasteiger partial charge on any atom is 0.258 e. The first-order valence-corrected chi connectivity index (χ1v) is 6.55. The van der Waals surface area contributed by atoms with Crippen molar-refractivity contribution in [3.05, 3.63) is 34.6 Å². The van der Waals surface area contributed by atoms with E-state index in [1.165, 1.54) is 6.20 Å². The van der Waals surface area contributed by atoms with Crippen LogP contribution < -0.4 is 19.9 Å². The summed E-state index contributed by atoms with van der Waals surface area (Å²) in [6, 6.07) is 5.52. The van der Waals surface area contributed by atoms with Crippen molar-refractivity contribution in [1.82, 2.24) is 9.97 Å². The molecule has 2 rings (SSSR count). The van der Waals surface area contributed by atoms with E-state index in [-0.39, 0.29) is 11.7 Å². The number of rotatable bonds is 5. The Labute approximate surface area is 125 Å². The molecular formula is C13H14BrN3O3. The molecule has 0 aliphatic heterocycles. The summed E-state index contributed by atoms with van der Waals surface area (Å²) in [6.07, 6.45) is 1.51. The maximum atomic E-state index is 5.69. The van der Waals surface area contributed by atoms with Gasteiger partial charge in [-0.15, -0.1) is 0 Å². The monoisotopic (exact) mass is 339 g/mol. The molecule has 1 heterocycles. The average molecular weight is 340 g/mol. The summed E-state index contributed by atoms with van der Waals surface area (Å²) in [5.74, 6) is 1.84. The molecular weight excluding hydrogens is 326 g/mol. The maximum absolute atomic E-state index is 5.69. The van der Waals surface area contributed by atoms with E-state index in [0.717, 1.165) is 5.56 Å². The highest BCUT2D eigenvalue weighted by molar-refractivity contribution is 9.10. The quantitative estimate of drug-likeness (QED) is 0.901. The number of nitrogens with zero attached hydrogens (tertiary/aromatic N) is 2. The van der Waals surface area contributed by atoms with Crippen molar-refractivity contribution in [3.63, 3.8) is 0 Å². The van der Waals surface area contributed by atoms with Crippen LogP contribution in [0.3, 0.4) is 0 Å². The number of anilines is 1. The van der Waals surface area contributed by atoms with Crippen molar-refractivity contribution in [2.24, 2.45) is 0 Å². The van der Waals surface area contributed by atoms with E-state index in [9.17, 15) is 0 Å². The molecule has 20 heavy (non-hydrogen) atoms. The van der Waals surface area contributed by atoms with Crippen LogP contribution in [-0.2, 0) is 6.61 Å². The number of benzene rings is 1. The normalized spacial score (nSPS) is 10.2. The van der Waals surface area contributed by atoms with E-state index in [0.29, 0.717) is 22.7 Å². The Hall–Kier alpha value is -2.02. The Kier molecular flexibility index (Phi) is 4.62. The molecule has 0 atom stereocenters. The molecule has 0 fully saturated rings. The lowest BCUT2D eigenvalue weighted by Gasteiger charge is -2.11. The van der Waals surface area contributed by atoms with Gasteiger partial charge in [-0.2, -0.15) is 0 Å². The van der Waals surface area contributed by atoms with Gasteiger partial charge in [-0.1, -0.05) is 6.07 Å². The third-order valence-electron chi connectivity index (χ3n) is 2.56. The highest BCUT2D eigenvalue weighted by Gasteiger charge is 2.08. The molecule has 0 aliphatic carbocycles. The predicted molar refractivity (Wildman–Crippen MR) is 78.0 cm³/mol. The van der Waals surface area contributed by atoms with Gasteiger partial charge in [0.2, 0.25) is 0 Å². The Morgan fingerprint density at radius 1 is 1.20 bits per heavy atom. The molecule has 1 aromatic heterocycles. The van der Waals surface area contributed by atoms with Crippen molar-refractivity contribution in [2.45, 2.75) is 6.61 Å². The molecule has 1 aromatic carbocycles. The van der Waals surface area contributed by atoms with Crippen LogP contribution >= 0.6 is 15.9 Å². The highest BCUT2D eigenvalue weighted by Crippen LogP contribution is 2.28. The lowest BCUT2D eigenvalue weighted by molar-refractivity contribution is 0.292. The molecule has 7 heteroatoms. The number of nitrogens with two attached hydrogens (primary N) is 1. The van der Waals surface area contributed by atoms with E-state index >= 15 is 0 Å². The summed E-state index contributed by atoms with van der Waals surface area (Å²) in [7, 11) is 3.17. The van der Waals surface area contributed by atoms with Crippen molar-refractivity contribution in [3.8, 4) is 17.4 Å². The van der Waals surface area contributed by atoms with Crippen LogP contribution in [0.4, 0.5) is 5.82 Å². The lowest BCUT2D eigenvalue weighted by atomic mass is 10.2. The van der Waals surface area contributed by atoms with Crippen molar-refractivity contribution in [2.75, 3.05) is 20.0 Å². The zero-order valence-corrected chi connectivity index (χ0v) is 12.7. The second kappa shape index (κ2) is 6.42. The van der Waals surface area contributed by atoms with Crippen LogP contribution in [-0.4, -0.2) is 24.2 Å². The number of methoxy groups -OCH3 is 2. The Morgan fingerprint density at radius 3 is 2.65 bits per heavy atom. The van der Waals surface area contributed by atoms with Crippen molar-refractivity contribution in [1.29, 1.82) is 0 Å². The molecule has 0 amide bonds. The van der Waals surface area contributed by atoms with Crippen molar-refractivity contribution < 1.29 is 14.2 Å². The number of nitrogen functional groups attached to an aromatic ring is 1. The molecule has 6 nitrogen and oxygen atoms in total. The predicted octanol–water partition coefficient (Wildman–Crippen LogP) is 2.42. The molecule has 2 aromatic rings. The largest absolute Gasteiger partial charge is 0.493 e. The van der Waals surface area contributed by atoms with Gasteiger partial charge in [-0.05, 0) is 33.6 Å². The zero-order chi connectivity index (χ0) is 14.5. The second-order valence-corrected chi connectivity index (χ2v) is 4.67. The molecule has 106 valence electrons. The van der Waals surface area contributed by atoms with Gasteiger partial charge in [0.15, 0.2) is 17.3 Å². The van der Waals surface area contributed by atoms with Gasteiger partial charge in [0.1, 0.15) is 11.2 Å². The summed E-state index contributed by atoms with van der Waals surface area (Å²) in [5.41, 5.74) is 6.60. The second-order valence-electron chi connectivity index (χ2n) is 3.86. The fourth-order valence-electron chi connectivity index (χ4n) is 1.59. The summed E-state index contributed by atoms with van der Waals surface area (Å²) in [4.78, 5) is 8.07. The molecule has 0 radical (unpaired) electrons. The molecule has 0 aliphatic rings. The number of hydrogen-bond acceptors (Lipinski definition) is 6. The molecule has 0 unspecified atom stereocenters. The first-order chi connectivity index (χ1) is 9.63. The summed E-state index contributed by atoms with van der Waals surface area (Å²) < 4.78 is 16.5. The smallest absolute Gasteiger partial charge is 0.258 e. The zero-order valence-electron chi connectivity index (χ0n) is 11.1. The van der Waals surface area contributed by atoms with E-state index in [1.54, 1.807) is 14.2 Å². The fraction of sp³-hybridized carbons (Fsp3) is 0.231. The van der Waals surface area contributed by atoms with E-state index < -0.39 is 0 Å². The van der Waals surface area contributed by atoms with Crippen LogP contribution in [0.15, 0.2) is 29.0 Å². The van der Waals surface area contributed by atoms with E-state index in [2.05, 4.69) is 25.9 Å². The standard InChI is InChI=1S/C13H14BrN3O3/c1-18-9-4-3-8(5-10(9)19-2)7-20-13-12(15)16-6-11(14)17-13/h3-6H,7H2,1-2H3,(H2,15,16). The van der Waals surface area contributed by atoms with E-state index in [4.69, 9.17) is 19.9 Å². The topological polar surface area (TPSA) is 79.5 Å². The first-order valence-electron chi connectivity index (χ1n) is 5.75. The lowest BCUT2D eigenvalue weighted by Crippen LogP contribution is -2.03. The minimum Gasteiger partial charge on any atom is -0.493 e. The van der Waals surface area contributed by atoms with Gasteiger partial charge in [0.25, 0.3) is 5.88 Å². The summed E-state index contributed by atoms with van der Waals surface area (Å²) in [5, 5.41) is 0. The molecule has 0 bridgehead atoms. The van der Waals surface area contributed by atoms with Gasteiger partial charge in [0, 0.05) is 0 Å². The van der Waals surface area contributed by atoms with Gasteiger partial charge >= 0.3 is 0 Å². The molecule has 0 saturated heterocycles. The van der Waals surface area contributed by atoms with Crippen LogP contribution in [0.1, 0.15) is 5.56 Å². The minimum absolute atomic E-state index is 0.244. The van der Waals surface area contributed by atoms with E-state index in [1.807, 2.05) is 18.2 Å². The third kappa shape index (κ3) is 3.30. The van der Waals surface area contributed by atoms with Crippen LogP contribution in [0.5, 0.6) is 17.4 Å². The number of halogens is 1.